The zero-order valence-electron chi connectivity index (χ0n) is 13.3. The monoisotopic (exact) mass is 389 g/mol. The van der Waals surface area contributed by atoms with Crippen LogP contribution in [0.5, 0.6) is 5.75 Å². The van der Waals surface area contributed by atoms with Gasteiger partial charge >= 0.3 is 0 Å². The number of carbonyl (C=O) groups is 1. The van der Waals surface area contributed by atoms with Crippen LogP contribution in [-0.2, 0) is 6.54 Å². The molecule has 1 aliphatic heterocycles. The van der Waals surface area contributed by atoms with Gasteiger partial charge in [0.1, 0.15) is 22.6 Å². The Morgan fingerprint density at radius 2 is 2.08 bits per heavy atom. The molecule has 0 aliphatic carbocycles. The molecule has 2 aromatic rings. The van der Waals surface area contributed by atoms with Crippen LogP contribution < -0.4 is 10.5 Å². The first kappa shape index (κ1) is 19.6. The molecule has 0 atom stereocenters. The van der Waals surface area contributed by atoms with Crippen LogP contribution in [0.15, 0.2) is 23.6 Å². The molecule has 1 aromatic carbocycles. The Morgan fingerprint density at radius 1 is 1.36 bits per heavy atom. The molecule has 2 heterocycles. The maximum Gasteiger partial charge on any atom is 0.273 e. The average Bonchev–Trinajstić information content (AvgIpc) is 3.06. The molecule has 25 heavy (non-hydrogen) atoms. The molecule has 2 N–H and O–H groups in total. The number of piperidine rings is 1. The summed E-state index contributed by atoms with van der Waals surface area (Å²) in [6.45, 7) is 1.32. The van der Waals surface area contributed by atoms with Gasteiger partial charge in [0.2, 0.25) is 0 Å². The van der Waals surface area contributed by atoms with E-state index in [1.807, 2.05) is 0 Å². The largest absolute Gasteiger partial charge is 0.487 e. The van der Waals surface area contributed by atoms with Crippen LogP contribution in [-0.4, -0.2) is 35.0 Å². The number of likely N-dealkylation sites (tertiary alicyclic amines) is 1. The third kappa shape index (κ3) is 4.65. The number of nitrogens with two attached hydrogens (primary N) is 1. The molecular formula is C16H18ClF2N3O2S. The van der Waals surface area contributed by atoms with Crippen LogP contribution in [0.4, 0.5) is 8.78 Å². The SMILES string of the molecule is Cl.NCc1nc(C(=O)N2CCC(Oc3ccc(F)cc3F)CC2)cs1. The molecule has 136 valence electrons. The van der Waals surface area contributed by atoms with Gasteiger partial charge in [-0.1, -0.05) is 0 Å². The number of nitrogens with zero attached hydrogens (tertiary/aromatic N) is 2. The second kappa shape index (κ2) is 8.55. The van der Waals surface area contributed by atoms with E-state index >= 15 is 0 Å². The normalized spacial score (nSPS) is 14.9. The van der Waals surface area contributed by atoms with Gasteiger partial charge < -0.3 is 15.4 Å². The van der Waals surface area contributed by atoms with Crippen LogP contribution in [0, 0.1) is 11.6 Å². The van der Waals surface area contributed by atoms with Gasteiger partial charge in [-0.3, -0.25) is 4.79 Å². The van der Waals surface area contributed by atoms with Crippen molar-refractivity contribution in [3.05, 3.63) is 45.9 Å². The number of amides is 1. The van der Waals surface area contributed by atoms with Gasteiger partial charge in [0.15, 0.2) is 11.6 Å². The molecule has 0 bridgehead atoms. The highest BCUT2D eigenvalue weighted by Gasteiger charge is 2.26. The van der Waals surface area contributed by atoms with E-state index in [0.717, 1.165) is 17.1 Å². The predicted octanol–water partition coefficient (Wildman–Crippen LogP) is 2.99. The van der Waals surface area contributed by atoms with E-state index in [0.29, 0.717) is 38.2 Å². The third-order valence-electron chi connectivity index (χ3n) is 3.86. The Morgan fingerprint density at radius 3 is 2.68 bits per heavy atom. The quantitative estimate of drug-likeness (QED) is 0.872. The molecule has 0 radical (unpaired) electrons. The van der Waals surface area contributed by atoms with E-state index in [4.69, 9.17) is 10.5 Å². The summed E-state index contributed by atoms with van der Waals surface area (Å²) in [7, 11) is 0. The number of hydrogen-bond donors (Lipinski definition) is 1. The summed E-state index contributed by atoms with van der Waals surface area (Å²) in [6, 6.07) is 3.24. The maximum absolute atomic E-state index is 13.6. The van der Waals surface area contributed by atoms with Crippen molar-refractivity contribution >= 4 is 29.7 Å². The van der Waals surface area contributed by atoms with Gasteiger partial charge in [-0.2, -0.15) is 0 Å². The lowest BCUT2D eigenvalue weighted by Gasteiger charge is -2.31. The maximum atomic E-state index is 13.6. The first-order valence-corrected chi connectivity index (χ1v) is 8.50. The molecular weight excluding hydrogens is 372 g/mol. The molecule has 9 heteroatoms. The highest BCUT2D eigenvalue weighted by Crippen LogP contribution is 2.23. The third-order valence-corrected chi connectivity index (χ3v) is 4.73. The minimum absolute atomic E-state index is 0. The van der Waals surface area contributed by atoms with Crippen molar-refractivity contribution in [3.8, 4) is 5.75 Å². The van der Waals surface area contributed by atoms with E-state index in [-0.39, 0.29) is 30.2 Å². The number of aromatic nitrogens is 1. The second-order valence-electron chi connectivity index (χ2n) is 5.51. The van der Waals surface area contributed by atoms with E-state index in [1.165, 1.54) is 17.4 Å². The summed E-state index contributed by atoms with van der Waals surface area (Å²) in [5.74, 6) is -1.45. The molecule has 1 aromatic heterocycles. The van der Waals surface area contributed by atoms with E-state index < -0.39 is 11.6 Å². The number of hydrogen-bond acceptors (Lipinski definition) is 5. The topological polar surface area (TPSA) is 68.5 Å². The zero-order valence-corrected chi connectivity index (χ0v) is 14.9. The lowest BCUT2D eigenvalue weighted by Crippen LogP contribution is -2.42. The fourth-order valence-corrected chi connectivity index (χ4v) is 3.24. The Balaban J connectivity index is 0.00000225. The lowest BCUT2D eigenvalue weighted by molar-refractivity contribution is 0.0583. The van der Waals surface area contributed by atoms with Crippen LogP contribution in [0.3, 0.4) is 0 Å². The van der Waals surface area contributed by atoms with Crippen molar-refractivity contribution in [1.82, 2.24) is 9.88 Å². The van der Waals surface area contributed by atoms with Crippen molar-refractivity contribution in [2.75, 3.05) is 13.1 Å². The summed E-state index contributed by atoms with van der Waals surface area (Å²) < 4.78 is 32.1. The summed E-state index contributed by atoms with van der Waals surface area (Å²) >= 11 is 1.37. The van der Waals surface area contributed by atoms with Crippen LogP contribution in [0.25, 0.3) is 0 Å². The molecule has 1 amide bonds. The van der Waals surface area contributed by atoms with Crippen LogP contribution >= 0.6 is 23.7 Å². The zero-order chi connectivity index (χ0) is 17.1. The first-order chi connectivity index (χ1) is 11.6. The Bertz CT molecular complexity index is 736. The standard InChI is InChI=1S/C16H17F2N3O2S.ClH/c17-10-1-2-14(12(18)7-10)23-11-3-5-21(6-4-11)16(22)13-9-24-15(8-19)20-13;/h1-2,7,9,11H,3-6,8,19H2;1H. The lowest BCUT2D eigenvalue weighted by atomic mass is 10.1. The van der Waals surface area contributed by atoms with Gasteiger partial charge in [-0.05, 0) is 12.1 Å². The summed E-state index contributed by atoms with van der Waals surface area (Å²) in [6.07, 6.45) is 0.955. The van der Waals surface area contributed by atoms with Gasteiger partial charge in [0.25, 0.3) is 5.91 Å². The molecule has 0 spiro atoms. The smallest absolute Gasteiger partial charge is 0.273 e. The number of benzene rings is 1. The Labute approximate surface area is 154 Å². The molecule has 3 rings (SSSR count). The van der Waals surface area contributed by atoms with Gasteiger partial charge in [0, 0.05) is 43.9 Å². The van der Waals surface area contributed by atoms with Crippen molar-refractivity contribution in [2.24, 2.45) is 5.73 Å². The summed E-state index contributed by atoms with van der Waals surface area (Å²) in [5, 5.41) is 2.43. The highest BCUT2D eigenvalue weighted by molar-refractivity contribution is 7.09. The van der Waals surface area contributed by atoms with Crippen molar-refractivity contribution in [1.29, 1.82) is 0 Å². The molecule has 1 saturated heterocycles. The minimum atomic E-state index is -0.717. The van der Waals surface area contributed by atoms with E-state index in [2.05, 4.69) is 4.98 Å². The summed E-state index contributed by atoms with van der Waals surface area (Å²) in [4.78, 5) is 18.3. The van der Waals surface area contributed by atoms with Crippen molar-refractivity contribution in [3.63, 3.8) is 0 Å². The van der Waals surface area contributed by atoms with Gasteiger partial charge in [-0.25, -0.2) is 13.8 Å². The average molecular weight is 390 g/mol. The van der Waals surface area contributed by atoms with E-state index in [1.54, 1.807) is 10.3 Å². The molecule has 1 fully saturated rings. The number of carbonyl (C=O) groups excluding carboxylic acids is 1. The first-order valence-electron chi connectivity index (χ1n) is 7.62. The number of halogens is 3. The molecule has 5 nitrogen and oxygen atoms in total. The molecule has 0 saturated carbocycles. The summed E-state index contributed by atoms with van der Waals surface area (Å²) in [5.41, 5.74) is 5.91. The van der Waals surface area contributed by atoms with Crippen LogP contribution in [0.1, 0.15) is 28.3 Å². The van der Waals surface area contributed by atoms with Crippen LogP contribution in [0.2, 0.25) is 0 Å². The van der Waals surface area contributed by atoms with Gasteiger partial charge in [-0.15, -0.1) is 23.7 Å². The molecule has 0 unspecified atom stereocenters. The fourth-order valence-electron chi connectivity index (χ4n) is 2.59. The fraction of sp³-hybridized carbons (Fsp3) is 0.375. The number of ether oxygens (including phenoxy) is 1. The number of rotatable bonds is 4. The Kier molecular flexibility index (Phi) is 6.69. The minimum Gasteiger partial charge on any atom is -0.487 e. The van der Waals surface area contributed by atoms with Crippen molar-refractivity contribution < 1.29 is 18.3 Å². The highest BCUT2D eigenvalue weighted by atomic mass is 35.5. The Hall–Kier alpha value is -1.77. The predicted molar refractivity (Wildman–Crippen MR) is 93.2 cm³/mol. The molecule has 1 aliphatic rings. The van der Waals surface area contributed by atoms with E-state index in [9.17, 15) is 13.6 Å². The van der Waals surface area contributed by atoms with Gasteiger partial charge in [0.05, 0.1) is 0 Å². The number of thiazole rings is 1. The second-order valence-corrected chi connectivity index (χ2v) is 6.46. The van der Waals surface area contributed by atoms with Crippen molar-refractivity contribution in [2.45, 2.75) is 25.5 Å².